The molecule has 0 aliphatic carbocycles. The summed E-state index contributed by atoms with van der Waals surface area (Å²) in [7, 11) is 0. The third-order valence-electron chi connectivity index (χ3n) is 1.64. The van der Waals surface area contributed by atoms with Crippen LogP contribution in [0.15, 0.2) is 0 Å². The van der Waals surface area contributed by atoms with Crippen molar-refractivity contribution in [3.8, 4) is 21.5 Å². The van der Waals surface area contributed by atoms with E-state index in [-0.39, 0.29) is 11.8 Å². The normalized spacial score (nSPS) is 10.7. The van der Waals surface area contributed by atoms with Crippen molar-refractivity contribution < 1.29 is 10.2 Å². The average molecular weight is 228 g/mol. The van der Waals surface area contributed by atoms with Gasteiger partial charge in [-0.1, -0.05) is 0 Å². The van der Waals surface area contributed by atoms with Gasteiger partial charge < -0.3 is 10.2 Å². The van der Waals surface area contributed by atoms with Crippen molar-refractivity contribution in [3.63, 3.8) is 0 Å². The molecule has 0 saturated carbocycles. The molecule has 0 fully saturated rings. The minimum absolute atomic E-state index is 0.0357. The highest BCUT2D eigenvalue weighted by Crippen LogP contribution is 2.42. The number of hydrogen-bond donors (Lipinski definition) is 2. The van der Waals surface area contributed by atoms with Gasteiger partial charge in [0.2, 0.25) is 11.8 Å². The Hall–Kier alpha value is -1.14. The van der Waals surface area contributed by atoms with E-state index in [1.165, 1.54) is 22.7 Å². The Morgan fingerprint density at radius 2 is 1.21 bits per heavy atom. The Kier molecular flexibility index (Phi) is 2.16. The largest absolute Gasteiger partial charge is 0.492 e. The van der Waals surface area contributed by atoms with Gasteiger partial charge >= 0.3 is 0 Å². The van der Waals surface area contributed by atoms with Gasteiger partial charge in [0.25, 0.3) is 0 Å². The molecule has 0 aliphatic heterocycles. The third-order valence-corrected chi connectivity index (χ3v) is 3.72. The van der Waals surface area contributed by atoms with Crippen LogP contribution in [-0.2, 0) is 0 Å². The lowest BCUT2D eigenvalue weighted by Crippen LogP contribution is -1.69. The van der Waals surface area contributed by atoms with Crippen molar-refractivity contribution >= 4 is 22.7 Å². The van der Waals surface area contributed by atoms with E-state index < -0.39 is 0 Å². The first-order valence-electron chi connectivity index (χ1n) is 3.91. The summed E-state index contributed by atoms with van der Waals surface area (Å²) in [5, 5.41) is 20.5. The summed E-state index contributed by atoms with van der Waals surface area (Å²) in [4.78, 5) is 8.94. The molecule has 0 radical (unpaired) electrons. The number of aryl methyl sites for hydroxylation is 2. The number of hydrogen-bond acceptors (Lipinski definition) is 6. The van der Waals surface area contributed by atoms with Crippen LogP contribution in [0, 0.1) is 13.8 Å². The molecule has 6 heteroatoms. The van der Waals surface area contributed by atoms with Gasteiger partial charge in [-0.05, 0) is 13.8 Å². The molecule has 2 aromatic rings. The molecule has 4 nitrogen and oxygen atoms in total. The van der Waals surface area contributed by atoms with E-state index in [9.17, 15) is 10.2 Å². The second-order valence-corrected chi connectivity index (χ2v) is 5.18. The highest BCUT2D eigenvalue weighted by atomic mass is 32.1. The van der Waals surface area contributed by atoms with Crippen LogP contribution in [0.4, 0.5) is 0 Å². The molecule has 0 amide bonds. The monoisotopic (exact) mass is 228 g/mol. The van der Waals surface area contributed by atoms with Gasteiger partial charge in [-0.25, -0.2) is 9.97 Å². The molecule has 0 atom stereocenters. The molecular weight excluding hydrogens is 220 g/mol. The van der Waals surface area contributed by atoms with E-state index in [0.29, 0.717) is 9.75 Å². The molecule has 2 rings (SSSR count). The van der Waals surface area contributed by atoms with Crippen LogP contribution in [-0.4, -0.2) is 20.2 Å². The van der Waals surface area contributed by atoms with Crippen LogP contribution in [0.5, 0.6) is 11.8 Å². The van der Waals surface area contributed by atoms with Crippen LogP contribution in [0.25, 0.3) is 9.75 Å². The van der Waals surface area contributed by atoms with Gasteiger partial charge in [-0.3, -0.25) is 0 Å². The fourth-order valence-electron chi connectivity index (χ4n) is 1.13. The Morgan fingerprint density at radius 3 is 1.43 bits per heavy atom. The Labute approximate surface area is 88.5 Å². The molecule has 0 unspecified atom stereocenters. The molecule has 2 aromatic heterocycles. The van der Waals surface area contributed by atoms with Crippen molar-refractivity contribution in [1.29, 1.82) is 0 Å². The quantitative estimate of drug-likeness (QED) is 0.786. The van der Waals surface area contributed by atoms with E-state index in [0.717, 1.165) is 10.0 Å². The first-order chi connectivity index (χ1) is 6.58. The van der Waals surface area contributed by atoms with Crippen molar-refractivity contribution in [2.24, 2.45) is 0 Å². The second kappa shape index (κ2) is 3.21. The molecule has 2 heterocycles. The number of nitrogens with zero attached hydrogens (tertiary/aromatic N) is 2. The summed E-state index contributed by atoms with van der Waals surface area (Å²) < 4.78 is 0. The molecule has 14 heavy (non-hydrogen) atoms. The SMILES string of the molecule is Cc1nc(O)c(-c2sc(C)nc2O)s1. The van der Waals surface area contributed by atoms with Crippen LogP contribution in [0.2, 0.25) is 0 Å². The van der Waals surface area contributed by atoms with E-state index in [1.54, 1.807) is 13.8 Å². The van der Waals surface area contributed by atoms with Gasteiger partial charge in [0.05, 0.1) is 10.0 Å². The zero-order valence-corrected chi connectivity index (χ0v) is 9.24. The van der Waals surface area contributed by atoms with Gasteiger partial charge in [0.15, 0.2) is 0 Å². The Balaban J connectivity index is 2.59. The topological polar surface area (TPSA) is 66.2 Å². The summed E-state index contributed by atoms with van der Waals surface area (Å²) in [5.74, 6) is -0.0714. The maximum absolute atomic E-state index is 9.49. The standard InChI is InChI=1S/C8H8N2O2S2/c1-3-9-7(11)5(13-3)6-8(12)10-4(2)14-6/h11-12H,1-2H3. The lowest BCUT2D eigenvalue weighted by atomic mass is 10.4. The lowest BCUT2D eigenvalue weighted by molar-refractivity contribution is 0.451. The third kappa shape index (κ3) is 1.46. The average Bonchev–Trinajstić information content (AvgIpc) is 2.55. The lowest BCUT2D eigenvalue weighted by Gasteiger charge is -1.91. The van der Waals surface area contributed by atoms with Crippen LogP contribution in [0.1, 0.15) is 10.0 Å². The van der Waals surface area contributed by atoms with E-state index >= 15 is 0 Å². The number of rotatable bonds is 1. The molecule has 0 bridgehead atoms. The maximum atomic E-state index is 9.49. The summed E-state index contributed by atoms with van der Waals surface area (Å²) in [6.07, 6.45) is 0. The van der Waals surface area contributed by atoms with Gasteiger partial charge in [0, 0.05) is 0 Å². The van der Waals surface area contributed by atoms with Crippen molar-refractivity contribution in [2.75, 3.05) is 0 Å². The molecule has 0 spiro atoms. The fraction of sp³-hybridized carbons (Fsp3) is 0.250. The number of thiazole rings is 2. The summed E-state index contributed by atoms with van der Waals surface area (Å²) in [6.45, 7) is 3.61. The van der Waals surface area contributed by atoms with Crippen molar-refractivity contribution in [2.45, 2.75) is 13.8 Å². The predicted octanol–water partition coefficient (Wildman–Crippen LogP) is 2.29. The summed E-state index contributed by atoms with van der Waals surface area (Å²) in [6, 6.07) is 0. The molecule has 0 aliphatic rings. The van der Waals surface area contributed by atoms with Crippen molar-refractivity contribution in [1.82, 2.24) is 9.97 Å². The molecule has 2 N–H and O–H groups in total. The Bertz CT molecular complexity index is 431. The zero-order chi connectivity index (χ0) is 10.3. The summed E-state index contributed by atoms with van der Waals surface area (Å²) in [5.41, 5.74) is 0. The van der Waals surface area contributed by atoms with Gasteiger partial charge in [-0.2, -0.15) is 0 Å². The number of aromatic hydroxyl groups is 2. The summed E-state index contributed by atoms with van der Waals surface area (Å²) >= 11 is 2.69. The minimum atomic E-state index is -0.0357. The van der Waals surface area contributed by atoms with Gasteiger partial charge in [-0.15, -0.1) is 22.7 Å². The van der Waals surface area contributed by atoms with E-state index in [1.807, 2.05) is 0 Å². The zero-order valence-electron chi connectivity index (χ0n) is 7.61. The number of aromatic nitrogens is 2. The first kappa shape index (κ1) is 9.42. The highest BCUT2D eigenvalue weighted by molar-refractivity contribution is 7.22. The van der Waals surface area contributed by atoms with Crippen LogP contribution >= 0.6 is 22.7 Å². The fourth-order valence-corrected chi connectivity index (χ4v) is 2.87. The highest BCUT2D eigenvalue weighted by Gasteiger charge is 2.17. The molecule has 0 saturated heterocycles. The smallest absolute Gasteiger partial charge is 0.231 e. The van der Waals surface area contributed by atoms with Crippen molar-refractivity contribution in [3.05, 3.63) is 10.0 Å². The molecule has 0 aromatic carbocycles. The van der Waals surface area contributed by atoms with E-state index in [2.05, 4.69) is 9.97 Å². The molecular formula is C8H8N2O2S2. The second-order valence-electron chi connectivity index (χ2n) is 2.77. The maximum Gasteiger partial charge on any atom is 0.231 e. The van der Waals surface area contributed by atoms with E-state index in [4.69, 9.17) is 0 Å². The first-order valence-corrected chi connectivity index (χ1v) is 5.54. The predicted molar refractivity (Wildman–Crippen MR) is 56.0 cm³/mol. The van der Waals surface area contributed by atoms with Crippen LogP contribution in [0.3, 0.4) is 0 Å². The minimum Gasteiger partial charge on any atom is -0.492 e. The molecule has 74 valence electrons. The van der Waals surface area contributed by atoms with Crippen LogP contribution < -0.4 is 0 Å². The van der Waals surface area contributed by atoms with Gasteiger partial charge in [0.1, 0.15) is 9.75 Å². The Morgan fingerprint density at radius 1 is 0.857 bits per heavy atom.